The van der Waals surface area contributed by atoms with Gasteiger partial charge in [0.25, 0.3) is 0 Å². The molecule has 0 aromatic carbocycles. The largest absolute Gasteiger partial charge is 0.325 e. The third kappa shape index (κ3) is 2.34. The van der Waals surface area contributed by atoms with Crippen molar-refractivity contribution in [3.05, 3.63) is 22.5 Å². The average molecular weight is 272 g/mol. The Labute approximate surface area is 121 Å². The van der Waals surface area contributed by atoms with Gasteiger partial charge < -0.3 is 5.32 Å². The molecule has 1 aromatic rings. The standard InChI is InChI=1S/C17H24N2O/c1-3-11(2)17(20)19-16-12-7-4-5-9-14(12)18-15-10-6-8-13(15)16/h11H,3-10H2,1-2H3,(H,18,19,20)/t11-/m0/s1. The summed E-state index contributed by atoms with van der Waals surface area (Å²) in [5.41, 5.74) is 6.27. The molecular weight excluding hydrogens is 248 g/mol. The molecule has 0 bridgehead atoms. The molecule has 1 N–H and O–H groups in total. The van der Waals surface area contributed by atoms with Gasteiger partial charge in [-0.05, 0) is 62.5 Å². The molecule has 108 valence electrons. The van der Waals surface area contributed by atoms with Crippen molar-refractivity contribution in [2.75, 3.05) is 5.32 Å². The van der Waals surface area contributed by atoms with Crippen molar-refractivity contribution < 1.29 is 4.79 Å². The molecule has 3 rings (SSSR count). The first-order valence-corrected chi connectivity index (χ1v) is 8.05. The van der Waals surface area contributed by atoms with E-state index >= 15 is 0 Å². The van der Waals surface area contributed by atoms with Gasteiger partial charge in [0.2, 0.25) is 5.91 Å². The Balaban J connectivity index is 2.00. The average Bonchev–Trinajstić information content (AvgIpc) is 2.94. The molecule has 0 saturated carbocycles. The molecular formula is C17H24N2O. The summed E-state index contributed by atoms with van der Waals surface area (Å²) in [6, 6.07) is 0. The quantitative estimate of drug-likeness (QED) is 0.916. The van der Waals surface area contributed by atoms with Crippen molar-refractivity contribution in [3.8, 4) is 0 Å². The highest BCUT2D eigenvalue weighted by Crippen LogP contribution is 2.36. The molecule has 1 atom stereocenters. The second kappa shape index (κ2) is 5.55. The molecule has 1 amide bonds. The topological polar surface area (TPSA) is 42.0 Å². The highest BCUT2D eigenvalue weighted by Gasteiger charge is 2.26. The summed E-state index contributed by atoms with van der Waals surface area (Å²) in [6.07, 6.45) is 8.83. The van der Waals surface area contributed by atoms with Crippen LogP contribution in [0.5, 0.6) is 0 Å². The van der Waals surface area contributed by atoms with Gasteiger partial charge in [0, 0.05) is 17.3 Å². The van der Waals surface area contributed by atoms with E-state index in [1.807, 2.05) is 6.92 Å². The van der Waals surface area contributed by atoms with Crippen LogP contribution in [0, 0.1) is 5.92 Å². The van der Waals surface area contributed by atoms with Gasteiger partial charge in [-0.1, -0.05) is 13.8 Å². The van der Waals surface area contributed by atoms with E-state index in [9.17, 15) is 4.79 Å². The summed E-state index contributed by atoms with van der Waals surface area (Å²) >= 11 is 0. The first-order valence-electron chi connectivity index (χ1n) is 8.05. The van der Waals surface area contributed by atoms with Crippen molar-refractivity contribution in [3.63, 3.8) is 0 Å². The molecule has 3 heteroatoms. The summed E-state index contributed by atoms with van der Waals surface area (Å²) in [5.74, 6) is 0.250. The number of hydrogen-bond acceptors (Lipinski definition) is 2. The van der Waals surface area contributed by atoms with E-state index in [1.165, 1.54) is 41.8 Å². The number of nitrogens with one attached hydrogen (secondary N) is 1. The van der Waals surface area contributed by atoms with Gasteiger partial charge in [-0.2, -0.15) is 0 Å². The van der Waals surface area contributed by atoms with Crippen LogP contribution >= 0.6 is 0 Å². The van der Waals surface area contributed by atoms with Gasteiger partial charge in [0.05, 0.1) is 5.69 Å². The van der Waals surface area contributed by atoms with Crippen LogP contribution in [0.2, 0.25) is 0 Å². The zero-order chi connectivity index (χ0) is 14.1. The third-order valence-corrected chi connectivity index (χ3v) is 4.81. The number of anilines is 1. The Kier molecular flexibility index (Phi) is 3.77. The lowest BCUT2D eigenvalue weighted by molar-refractivity contribution is -0.119. The van der Waals surface area contributed by atoms with Gasteiger partial charge in [0.1, 0.15) is 0 Å². The molecule has 0 aliphatic heterocycles. The van der Waals surface area contributed by atoms with Crippen molar-refractivity contribution >= 4 is 11.6 Å². The van der Waals surface area contributed by atoms with Crippen LogP contribution in [0.25, 0.3) is 0 Å². The number of aryl methyl sites for hydroxylation is 2. The van der Waals surface area contributed by atoms with E-state index in [1.54, 1.807) is 0 Å². The number of rotatable bonds is 3. The minimum Gasteiger partial charge on any atom is -0.325 e. The van der Waals surface area contributed by atoms with Gasteiger partial charge in [-0.25, -0.2) is 0 Å². The monoisotopic (exact) mass is 272 g/mol. The van der Waals surface area contributed by atoms with Gasteiger partial charge in [0.15, 0.2) is 0 Å². The Bertz CT molecular complexity index is 536. The summed E-state index contributed by atoms with van der Waals surface area (Å²) in [4.78, 5) is 17.2. The Morgan fingerprint density at radius 3 is 2.40 bits per heavy atom. The zero-order valence-electron chi connectivity index (χ0n) is 12.6. The first-order chi connectivity index (χ1) is 9.70. The fraction of sp³-hybridized carbons (Fsp3) is 0.647. The summed E-state index contributed by atoms with van der Waals surface area (Å²) in [6.45, 7) is 4.07. The van der Waals surface area contributed by atoms with E-state index in [4.69, 9.17) is 4.98 Å². The fourth-order valence-corrected chi connectivity index (χ4v) is 3.33. The van der Waals surface area contributed by atoms with Crippen LogP contribution in [-0.4, -0.2) is 10.9 Å². The second-order valence-electron chi connectivity index (χ2n) is 6.20. The van der Waals surface area contributed by atoms with Crippen molar-refractivity contribution in [1.29, 1.82) is 0 Å². The fourth-order valence-electron chi connectivity index (χ4n) is 3.33. The Morgan fingerprint density at radius 1 is 1.10 bits per heavy atom. The van der Waals surface area contributed by atoms with Gasteiger partial charge in [-0.15, -0.1) is 0 Å². The van der Waals surface area contributed by atoms with E-state index in [0.717, 1.165) is 37.8 Å². The Morgan fingerprint density at radius 2 is 1.70 bits per heavy atom. The van der Waals surface area contributed by atoms with Gasteiger partial charge >= 0.3 is 0 Å². The van der Waals surface area contributed by atoms with Crippen LogP contribution in [-0.2, 0) is 30.5 Å². The van der Waals surface area contributed by atoms with Crippen LogP contribution in [0.3, 0.4) is 0 Å². The number of amides is 1. The molecule has 0 spiro atoms. The molecule has 0 fully saturated rings. The molecule has 2 aliphatic carbocycles. The lowest BCUT2D eigenvalue weighted by Gasteiger charge is -2.23. The maximum absolute atomic E-state index is 12.3. The molecule has 0 radical (unpaired) electrons. The van der Waals surface area contributed by atoms with E-state index in [0.29, 0.717) is 0 Å². The molecule has 0 saturated heterocycles. The van der Waals surface area contributed by atoms with Crippen LogP contribution in [0.15, 0.2) is 0 Å². The predicted molar refractivity (Wildman–Crippen MR) is 81.0 cm³/mol. The highest BCUT2D eigenvalue weighted by molar-refractivity contribution is 5.94. The minimum atomic E-state index is 0.0828. The maximum atomic E-state index is 12.3. The SMILES string of the molecule is CC[C@H](C)C(=O)Nc1c2c(nc3c1CCC3)CCCC2. The molecule has 2 aliphatic rings. The maximum Gasteiger partial charge on any atom is 0.227 e. The summed E-state index contributed by atoms with van der Waals surface area (Å²) in [5, 5.41) is 3.24. The molecule has 1 heterocycles. The lowest BCUT2D eigenvalue weighted by atomic mass is 9.92. The minimum absolute atomic E-state index is 0.0828. The second-order valence-corrected chi connectivity index (χ2v) is 6.20. The Hall–Kier alpha value is -1.38. The van der Waals surface area contributed by atoms with Crippen LogP contribution in [0.1, 0.15) is 62.0 Å². The van der Waals surface area contributed by atoms with Crippen LogP contribution in [0.4, 0.5) is 5.69 Å². The number of carbonyl (C=O) groups is 1. The van der Waals surface area contributed by atoms with Crippen molar-refractivity contribution in [2.24, 2.45) is 5.92 Å². The summed E-state index contributed by atoms with van der Waals surface area (Å²) < 4.78 is 0. The normalized spacial score (nSPS) is 18.3. The number of nitrogens with zero attached hydrogens (tertiary/aromatic N) is 1. The third-order valence-electron chi connectivity index (χ3n) is 4.81. The summed E-state index contributed by atoms with van der Waals surface area (Å²) in [7, 11) is 0. The number of pyridine rings is 1. The van der Waals surface area contributed by atoms with Gasteiger partial charge in [-0.3, -0.25) is 9.78 Å². The molecule has 0 unspecified atom stereocenters. The van der Waals surface area contributed by atoms with Crippen molar-refractivity contribution in [2.45, 2.75) is 65.2 Å². The highest BCUT2D eigenvalue weighted by atomic mass is 16.1. The number of fused-ring (bicyclic) bond motifs is 2. The molecule has 20 heavy (non-hydrogen) atoms. The van der Waals surface area contributed by atoms with E-state index in [2.05, 4.69) is 12.2 Å². The smallest absolute Gasteiger partial charge is 0.227 e. The van der Waals surface area contributed by atoms with Crippen molar-refractivity contribution in [1.82, 2.24) is 4.98 Å². The first kappa shape index (κ1) is 13.6. The predicted octanol–water partition coefficient (Wildman–Crippen LogP) is 3.43. The van der Waals surface area contributed by atoms with Crippen LogP contribution < -0.4 is 5.32 Å². The molecule has 3 nitrogen and oxygen atoms in total. The van der Waals surface area contributed by atoms with E-state index in [-0.39, 0.29) is 11.8 Å². The van der Waals surface area contributed by atoms with E-state index < -0.39 is 0 Å². The lowest BCUT2D eigenvalue weighted by Crippen LogP contribution is -2.23. The molecule has 1 aromatic heterocycles. The zero-order valence-corrected chi connectivity index (χ0v) is 12.6. The number of hydrogen-bond donors (Lipinski definition) is 1. The number of carbonyl (C=O) groups excluding carboxylic acids is 1. The number of aromatic nitrogens is 1.